The zero-order valence-corrected chi connectivity index (χ0v) is 8.85. The van der Waals surface area contributed by atoms with E-state index in [-0.39, 0.29) is 11.5 Å². The summed E-state index contributed by atoms with van der Waals surface area (Å²) in [6.45, 7) is 0. The van der Waals surface area contributed by atoms with Gasteiger partial charge in [-0.3, -0.25) is 0 Å². The number of hydrogen-bond donors (Lipinski definition) is 1. The highest BCUT2D eigenvalue weighted by Gasteiger charge is 2.23. The topological polar surface area (TPSA) is 55.1 Å². The molecule has 0 fully saturated rings. The molecule has 1 aliphatic heterocycles. The van der Waals surface area contributed by atoms with Crippen molar-refractivity contribution in [3.63, 3.8) is 0 Å². The highest BCUT2D eigenvalue weighted by atomic mass is 19.1. The molecule has 0 aliphatic carbocycles. The summed E-state index contributed by atoms with van der Waals surface area (Å²) in [6.07, 6.45) is 2.69. The number of nitrogens with zero attached hydrogens (tertiary/aromatic N) is 2. The third-order valence-corrected chi connectivity index (χ3v) is 3.00. The fourth-order valence-corrected chi connectivity index (χ4v) is 2.24. The SMILES string of the molecule is O=C(O)c1ncn2c1CCc1cc(F)ccc1-2. The van der Waals surface area contributed by atoms with E-state index in [0.717, 1.165) is 11.3 Å². The van der Waals surface area contributed by atoms with Gasteiger partial charge in [-0.15, -0.1) is 0 Å². The van der Waals surface area contributed by atoms with Gasteiger partial charge in [0, 0.05) is 0 Å². The molecule has 0 spiro atoms. The predicted octanol–water partition coefficient (Wildman–Crippen LogP) is 1.81. The van der Waals surface area contributed by atoms with Gasteiger partial charge in [0.05, 0.1) is 11.4 Å². The molecule has 17 heavy (non-hydrogen) atoms. The lowest BCUT2D eigenvalue weighted by Gasteiger charge is -2.18. The van der Waals surface area contributed by atoms with Gasteiger partial charge in [-0.2, -0.15) is 0 Å². The van der Waals surface area contributed by atoms with Gasteiger partial charge in [-0.25, -0.2) is 14.2 Å². The summed E-state index contributed by atoms with van der Waals surface area (Å²) in [7, 11) is 0. The number of imidazole rings is 1. The minimum Gasteiger partial charge on any atom is -0.476 e. The van der Waals surface area contributed by atoms with Gasteiger partial charge in [-0.05, 0) is 36.6 Å². The molecule has 2 aromatic rings. The Labute approximate surface area is 96.3 Å². The Hall–Kier alpha value is -2.17. The second-order valence-electron chi connectivity index (χ2n) is 3.99. The van der Waals surface area contributed by atoms with Gasteiger partial charge in [0.25, 0.3) is 0 Å². The lowest BCUT2D eigenvalue weighted by atomic mass is 10.0. The van der Waals surface area contributed by atoms with Gasteiger partial charge >= 0.3 is 5.97 Å². The van der Waals surface area contributed by atoms with Crippen LogP contribution in [0.15, 0.2) is 24.5 Å². The number of fused-ring (bicyclic) bond motifs is 3. The third kappa shape index (κ3) is 1.43. The van der Waals surface area contributed by atoms with Crippen molar-refractivity contribution >= 4 is 5.97 Å². The van der Waals surface area contributed by atoms with E-state index < -0.39 is 5.97 Å². The second-order valence-corrected chi connectivity index (χ2v) is 3.99. The van der Waals surface area contributed by atoms with Gasteiger partial charge < -0.3 is 9.67 Å². The standard InChI is InChI=1S/C12H9FN2O2/c13-8-2-4-9-7(5-8)1-3-10-11(12(16)17)14-6-15(9)10/h2,4-6H,1,3H2,(H,16,17). The molecule has 4 nitrogen and oxygen atoms in total. The van der Waals surface area contributed by atoms with Crippen LogP contribution in [0.25, 0.3) is 5.69 Å². The van der Waals surface area contributed by atoms with E-state index in [1.807, 2.05) is 0 Å². The van der Waals surface area contributed by atoms with Crippen molar-refractivity contribution in [3.05, 3.63) is 47.3 Å². The molecule has 3 rings (SSSR count). The molecule has 1 aromatic heterocycles. The number of carboxylic acids is 1. The van der Waals surface area contributed by atoms with Crippen LogP contribution in [0.2, 0.25) is 0 Å². The number of carbonyl (C=O) groups is 1. The van der Waals surface area contributed by atoms with Crippen molar-refractivity contribution in [1.29, 1.82) is 0 Å². The summed E-state index contributed by atoms with van der Waals surface area (Å²) < 4.78 is 14.8. The molecule has 0 atom stereocenters. The molecule has 0 amide bonds. The molecule has 0 saturated heterocycles. The molecule has 86 valence electrons. The fraction of sp³-hybridized carbons (Fsp3) is 0.167. The van der Waals surface area contributed by atoms with Crippen LogP contribution in [0.4, 0.5) is 4.39 Å². The van der Waals surface area contributed by atoms with Crippen LogP contribution in [-0.2, 0) is 12.8 Å². The van der Waals surface area contributed by atoms with E-state index in [4.69, 9.17) is 5.11 Å². The van der Waals surface area contributed by atoms with Gasteiger partial charge in [0.15, 0.2) is 5.69 Å². The largest absolute Gasteiger partial charge is 0.476 e. The van der Waals surface area contributed by atoms with Crippen LogP contribution in [0.3, 0.4) is 0 Å². The summed E-state index contributed by atoms with van der Waals surface area (Å²) >= 11 is 0. The van der Waals surface area contributed by atoms with E-state index in [0.29, 0.717) is 18.5 Å². The molecule has 0 unspecified atom stereocenters. The van der Waals surface area contributed by atoms with Crippen LogP contribution in [0.5, 0.6) is 0 Å². The Balaban J connectivity index is 2.21. The number of aromatic carboxylic acids is 1. The first-order valence-corrected chi connectivity index (χ1v) is 5.25. The Morgan fingerprint density at radius 3 is 3.00 bits per heavy atom. The van der Waals surface area contributed by atoms with Crippen LogP contribution < -0.4 is 0 Å². The van der Waals surface area contributed by atoms with Gasteiger partial charge in [0.2, 0.25) is 0 Å². The van der Waals surface area contributed by atoms with E-state index in [1.165, 1.54) is 18.5 Å². The van der Waals surface area contributed by atoms with Crippen molar-refractivity contribution in [2.24, 2.45) is 0 Å². The van der Waals surface area contributed by atoms with E-state index >= 15 is 0 Å². The maximum absolute atomic E-state index is 13.1. The summed E-state index contributed by atoms with van der Waals surface area (Å²) in [4.78, 5) is 14.9. The Bertz CT molecular complexity index is 619. The summed E-state index contributed by atoms with van der Waals surface area (Å²) in [6, 6.07) is 4.51. The first-order chi connectivity index (χ1) is 8.16. The fourth-order valence-electron chi connectivity index (χ4n) is 2.24. The Morgan fingerprint density at radius 1 is 1.41 bits per heavy atom. The quantitative estimate of drug-likeness (QED) is 0.815. The van der Waals surface area contributed by atoms with E-state index in [2.05, 4.69) is 4.98 Å². The monoisotopic (exact) mass is 232 g/mol. The van der Waals surface area contributed by atoms with Gasteiger partial charge in [-0.1, -0.05) is 0 Å². The van der Waals surface area contributed by atoms with Gasteiger partial charge in [0.1, 0.15) is 12.1 Å². The summed E-state index contributed by atoms with van der Waals surface area (Å²) in [5, 5.41) is 8.99. The average Bonchev–Trinajstić information content (AvgIpc) is 2.72. The van der Waals surface area contributed by atoms with Crippen molar-refractivity contribution in [2.45, 2.75) is 12.8 Å². The van der Waals surface area contributed by atoms with E-state index in [9.17, 15) is 9.18 Å². The molecule has 0 saturated carbocycles. The minimum absolute atomic E-state index is 0.0833. The van der Waals surface area contributed by atoms with Crippen LogP contribution >= 0.6 is 0 Å². The van der Waals surface area contributed by atoms with Crippen molar-refractivity contribution in [2.75, 3.05) is 0 Å². The van der Waals surface area contributed by atoms with Crippen LogP contribution in [0, 0.1) is 5.82 Å². The van der Waals surface area contributed by atoms with E-state index in [1.54, 1.807) is 10.6 Å². The maximum atomic E-state index is 13.1. The molecule has 1 N–H and O–H groups in total. The number of hydrogen-bond acceptors (Lipinski definition) is 2. The molecule has 1 aliphatic rings. The minimum atomic E-state index is -1.02. The Morgan fingerprint density at radius 2 is 2.24 bits per heavy atom. The molecule has 5 heteroatoms. The summed E-state index contributed by atoms with van der Waals surface area (Å²) in [5.41, 5.74) is 2.45. The second kappa shape index (κ2) is 3.41. The number of aromatic nitrogens is 2. The van der Waals surface area contributed by atoms with Crippen LogP contribution in [-0.4, -0.2) is 20.6 Å². The first-order valence-electron chi connectivity index (χ1n) is 5.25. The lowest BCUT2D eigenvalue weighted by Crippen LogP contribution is -2.14. The molecule has 2 heterocycles. The predicted molar refractivity (Wildman–Crippen MR) is 57.9 cm³/mol. The zero-order chi connectivity index (χ0) is 12.0. The van der Waals surface area contributed by atoms with Crippen molar-refractivity contribution < 1.29 is 14.3 Å². The molecule has 1 aromatic carbocycles. The highest BCUT2D eigenvalue weighted by molar-refractivity contribution is 5.87. The number of aryl methyl sites for hydroxylation is 1. The summed E-state index contributed by atoms with van der Waals surface area (Å²) in [5.74, 6) is -1.30. The third-order valence-electron chi connectivity index (χ3n) is 3.00. The lowest BCUT2D eigenvalue weighted by molar-refractivity contribution is 0.0689. The molecule has 0 bridgehead atoms. The maximum Gasteiger partial charge on any atom is 0.356 e. The number of carboxylic acid groups (broad SMARTS) is 1. The smallest absolute Gasteiger partial charge is 0.356 e. The first kappa shape index (κ1) is 10.0. The Kier molecular flexibility index (Phi) is 2.01. The normalized spacial score (nSPS) is 13.0. The molecular weight excluding hydrogens is 223 g/mol. The highest BCUT2D eigenvalue weighted by Crippen LogP contribution is 2.26. The average molecular weight is 232 g/mol. The van der Waals surface area contributed by atoms with Crippen LogP contribution in [0.1, 0.15) is 21.7 Å². The number of benzene rings is 1. The van der Waals surface area contributed by atoms with Crippen molar-refractivity contribution in [3.8, 4) is 5.69 Å². The zero-order valence-electron chi connectivity index (χ0n) is 8.85. The van der Waals surface area contributed by atoms with Crippen molar-refractivity contribution in [1.82, 2.24) is 9.55 Å². The molecule has 0 radical (unpaired) electrons. The molecular formula is C12H9FN2O2. The number of halogens is 1. The number of rotatable bonds is 1.